The summed E-state index contributed by atoms with van der Waals surface area (Å²) < 4.78 is 2.34. The highest BCUT2D eigenvalue weighted by atomic mass is 35.5. The molecule has 0 fully saturated rings. The van der Waals surface area contributed by atoms with Gasteiger partial charge in [0, 0.05) is 45.1 Å². The normalized spacial score (nSPS) is 15.4. The van der Waals surface area contributed by atoms with Crippen LogP contribution in [0.4, 0.5) is 0 Å². The van der Waals surface area contributed by atoms with Crippen molar-refractivity contribution in [1.82, 2.24) is 4.57 Å². The number of fused-ring (bicyclic) bond motifs is 3. The Morgan fingerprint density at radius 3 is 2.62 bits per heavy atom. The molecule has 0 spiro atoms. The van der Waals surface area contributed by atoms with Crippen molar-refractivity contribution in [3.05, 3.63) is 69.9 Å². The van der Waals surface area contributed by atoms with E-state index >= 15 is 0 Å². The molecule has 0 saturated heterocycles. The Hall–Kier alpha value is -2.17. The second-order valence-electron chi connectivity index (χ2n) is 7.36. The van der Waals surface area contributed by atoms with Gasteiger partial charge in [-0.15, -0.1) is 11.8 Å². The SMILES string of the molecule is CC/C(C(=O)O)=C1/CCCn2c1c(Cc1ccc(Cl)cc1)c1c(SC)cccc12. The molecule has 1 aromatic heterocycles. The Morgan fingerprint density at radius 2 is 1.97 bits per heavy atom. The number of thioether (sulfide) groups is 1. The average Bonchev–Trinajstić information content (AvgIpc) is 3.04. The number of aryl methyl sites for hydroxylation is 1. The molecule has 2 aromatic carbocycles. The highest BCUT2D eigenvalue weighted by molar-refractivity contribution is 7.98. The van der Waals surface area contributed by atoms with E-state index in [1.54, 1.807) is 11.8 Å². The molecule has 1 N–H and O–H groups in total. The van der Waals surface area contributed by atoms with E-state index in [2.05, 4.69) is 41.2 Å². The predicted octanol–water partition coefficient (Wildman–Crippen LogP) is 6.65. The van der Waals surface area contributed by atoms with Gasteiger partial charge in [0.05, 0.1) is 0 Å². The Bertz CT molecular complexity index is 1110. The van der Waals surface area contributed by atoms with Gasteiger partial charge in [0.15, 0.2) is 0 Å². The number of carboxylic acids is 1. The summed E-state index contributed by atoms with van der Waals surface area (Å²) in [5.41, 5.74) is 6.26. The van der Waals surface area contributed by atoms with Crippen LogP contribution < -0.4 is 0 Å². The molecule has 0 amide bonds. The summed E-state index contributed by atoms with van der Waals surface area (Å²) in [7, 11) is 0. The van der Waals surface area contributed by atoms with Gasteiger partial charge in [-0.2, -0.15) is 0 Å². The first-order chi connectivity index (χ1) is 14.0. The zero-order valence-corrected chi connectivity index (χ0v) is 18.2. The van der Waals surface area contributed by atoms with Gasteiger partial charge in [-0.25, -0.2) is 4.79 Å². The van der Waals surface area contributed by atoms with Crippen LogP contribution in [0.3, 0.4) is 0 Å². The molecule has 2 heterocycles. The molecule has 0 atom stereocenters. The van der Waals surface area contributed by atoms with Gasteiger partial charge >= 0.3 is 5.97 Å². The number of allylic oxidation sites excluding steroid dienone is 1. The number of carbonyl (C=O) groups is 1. The highest BCUT2D eigenvalue weighted by Gasteiger charge is 2.28. The van der Waals surface area contributed by atoms with Crippen LogP contribution in [0.2, 0.25) is 5.02 Å². The fourth-order valence-corrected chi connectivity index (χ4v) is 5.27. The Labute approximate surface area is 180 Å². The fraction of sp³-hybridized carbons (Fsp3) is 0.292. The first kappa shape index (κ1) is 20.1. The standard InChI is InChI=1S/C24H24ClNO2S/c1-3-17(24(27)28)18-6-5-13-26-20-7-4-8-21(29-2)22(20)19(23(18)26)14-15-9-11-16(25)12-10-15/h4,7-12H,3,5-6,13-14H2,1-2H3,(H,27,28)/b18-17+. The summed E-state index contributed by atoms with van der Waals surface area (Å²) in [4.78, 5) is 13.2. The summed E-state index contributed by atoms with van der Waals surface area (Å²) in [6, 6.07) is 14.4. The van der Waals surface area contributed by atoms with Crippen molar-refractivity contribution in [2.24, 2.45) is 0 Å². The largest absolute Gasteiger partial charge is 0.478 e. The Morgan fingerprint density at radius 1 is 1.21 bits per heavy atom. The summed E-state index contributed by atoms with van der Waals surface area (Å²) in [6.45, 7) is 2.86. The number of hydrogen-bond acceptors (Lipinski definition) is 2. The van der Waals surface area contributed by atoms with Crippen LogP contribution in [0.15, 0.2) is 52.9 Å². The van der Waals surface area contributed by atoms with Crippen LogP contribution in [0.5, 0.6) is 0 Å². The monoisotopic (exact) mass is 425 g/mol. The topological polar surface area (TPSA) is 42.2 Å². The molecular formula is C24H24ClNO2S. The van der Waals surface area contributed by atoms with E-state index in [1.807, 2.05) is 19.1 Å². The summed E-state index contributed by atoms with van der Waals surface area (Å²) >= 11 is 7.83. The van der Waals surface area contributed by atoms with Crippen LogP contribution in [-0.2, 0) is 17.8 Å². The van der Waals surface area contributed by atoms with E-state index in [4.69, 9.17) is 11.6 Å². The lowest BCUT2D eigenvalue weighted by Crippen LogP contribution is -2.14. The Balaban J connectivity index is 2.04. The number of carboxylic acid groups (broad SMARTS) is 1. The van der Waals surface area contributed by atoms with Crippen molar-refractivity contribution in [1.29, 1.82) is 0 Å². The average molecular weight is 426 g/mol. The van der Waals surface area contributed by atoms with Gasteiger partial charge in [0.2, 0.25) is 0 Å². The van der Waals surface area contributed by atoms with Gasteiger partial charge < -0.3 is 9.67 Å². The molecular weight excluding hydrogens is 402 g/mol. The maximum Gasteiger partial charge on any atom is 0.331 e. The van der Waals surface area contributed by atoms with Crippen molar-refractivity contribution in [2.45, 2.75) is 44.0 Å². The number of rotatable bonds is 5. The minimum Gasteiger partial charge on any atom is -0.478 e. The molecule has 4 rings (SSSR count). The molecule has 3 aromatic rings. The van der Waals surface area contributed by atoms with Gasteiger partial charge in [0.25, 0.3) is 0 Å². The number of aromatic nitrogens is 1. The van der Waals surface area contributed by atoms with Crippen LogP contribution in [0, 0.1) is 0 Å². The number of benzene rings is 2. The maximum atomic E-state index is 12.0. The van der Waals surface area contributed by atoms with E-state index in [1.165, 1.54) is 26.9 Å². The molecule has 0 bridgehead atoms. The van der Waals surface area contributed by atoms with Gasteiger partial charge in [0.1, 0.15) is 0 Å². The zero-order valence-electron chi connectivity index (χ0n) is 16.7. The second kappa shape index (κ2) is 8.29. The van der Waals surface area contributed by atoms with Gasteiger partial charge in [-0.1, -0.05) is 36.7 Å². The lowest BCUT2D eigenvalue weighted by atomic mass is 9.91. The summed E-state index contributed by atoms with van der Waals surface area (Å²) in [5.74, 6) is -0.802. The molecule has 3 nitrogen and oxygen atoms in total. The van der Waals surface area contributed by atoms with Crippen molar-refractivity contribution in [2.75, 3.05) is 6.26 Å². The zero-order chi connectivity index (χ0) is 20.5. The van der Waals surface area contributed by atoms with E-state index in [0.29, 0.717) is 12.0 Å². The van der Waals surface area contributed by atoms with E-state index < -0.39 is 5.97 Å². The van der Waals surface area contributed by atoms with Gasteiger partial charge in [-0.05, 0) is 66.5 Å². The second-order valence-corrected chi connectivity index (χ2v) is 8.64. The van der Waals surface area contributed by atoms with E-state index in [-0.39, 0.29) is 0 Å². The van der Waals surface area contributed by atoms with E-state index in [9.17, 15) is 9.90 Å². The number of nitrogens with zero attached hydrogens (tertiary/aromatic N) is 1. The minimum atomic E-state index is -0.802. The third-order valence-electron chi connectivity index (χ3n) is 5.74. The third-order valence-corrected chi connectivity index (χ3v) is 6.77. The van der Waals surface area contributed by atoms with Crippen molar-refractivity contribution < 1.29 is 9.90 Å². The molecule has 5 heteroatoms. The highest BCUT2D eigenvalue weighted by Crippen LogP contribution is 2.42. The van der Waals surface area contributed by atoms with Crippen molar-refractivity contribution in [3.63, 3.8) is 0 Å². The first-order valence-corrected chi connectivity index (χ1v) is 11.5. The molecule has 29 heavy (non-hydrogen) atoms. The summed E-state index contributed by atoms with van der Waals surface area (Å²) in [6.07, 6.45) is 5.17. The van der Waals surface area contributed by atoms with Crippen LogP contribution in [-0.4, -0.2) is 21.9 Å². The number of halogens is 1. The van der Waals surface area contributed by atoms with Crippen LogP contribution in [0.25, 0.3) is 16.5 Å². The molecule has 0 unspecified atom stereocenters. The van der Waals surface area contributed by atoms with Crippen molar-refractivity contribution in [3.8, 4) is 0 Å². The predicted molar refractivity (Wildman–Crippen MR) is 122 cm³/mol. The smallest absolute Gasteiger partial charge is 0.331 e. The fourth-order valence-electron chi connectivity index (χ4n) is 4.50. The molecule has 0 radical (unpaired) electrons. The first-order valence-electron chi connectivity index (χ1n) is 9.93. The van der Waals surface area contributed by atoms with Crippen molar-refractivity contribution >= 4 is 45.8 Å². The van der Waals surface area contributed by atoms with Crippen LogP contribution in [0.1, 0.15) is 43.0 Å². The van der Waals surface area contributed by atoms with Crippen LogP contribution >= 0.6 is 23.4 Å². The Kier molecular flexibility index (Phi) is 5.75. The lowest BCUT2D eigenvalue weighted by Gasteiger charge is -2.23. The quantitative estimate of drug-likeness (QED) is 0.367. The molecule has 1 aliphatic heterocycles. The molecule has 0 saturated carbocycles. The van der Waals surface area contributed by atoms with Gasteiger partial charge in [-0.3, -0.25) is 0 Å². The third kappa shape index (κ3) is 3.60. The molecule has 1 aliphatic rings. The number of aliphatic carboxylic acids is 1. The number of hydrogen-bond donors (Lipinski definition) is 1. The molecule has 150 valence electrons. The van der Waals surface area contributed by atoms with E-state index in [0.717, 1.165) is 42.1 Å². The maximum absolute atomic E-state index is 12.0. The summed E-state index contributed by atoms with van der Waals surface area (Å²) in [5, 5.41) is 11.8. The minimum absolute atomic E-state index is 0.530. The molecule has 0 aliphatic carbocycles. The lowest BCUT2D eigenvalue weighted by molar-refractivity contribution is -0.132.